The molecule has 5 heteroatoms. The number of aliphatic hydroxyl groups is 1. The molecule has 0 saturated carbocycles. The van der Waals surface area contributed by atoms with Crippen molar-refractivity contribution in [3.8, 4) is 0 Å². The predicted molar refractivity (Wildman–Crippen MR) is 52.8 cm³/mol. The van der Waals surface area contributed by atoms with E-state index in [1.165, 1.54) is 0 Å². The SMILES string of the molecule is CC(O)CCc1nnn(C(C)(C)C)n1. The van der Waals surface area contributed by atoms with E-state index < -0.39 is 0 Å². The van der Waals surface area contributed by atoms with E-state index in [-0.39, 0.29) is 11.6 Å². The summed E-state index contributed by atoms with van der Waals surface area (Å²) in [7, 11) is 0. The first-order valence-electron chi connectivity index (χ1n) is 4.87. The van der Waals surface area contributed by atoms with Crippen LogP contribution in [0.3, 0.4) is 0 Å². The van der Waals surface area contributed by atoms with Gasteiger partial charge in [-0.15, -0.1) is 10.2 Å². The van der Waals surface area contributed by atoms with E-state index >= 15 is 0 Å². The van der Waals surface area contributed by atoms with Gasteiger partial charge in [0.25, 0.3) is 0 Å². The van der Waals surface area contributed by atoms with Crippen molar-refractivity contribution >= 4 is 0 Å². The Balaban J connectivity index is 2.60. The lowest BCUT2D eigenvalue weighted by atomic mass is 10.1. The van der Waals surface area contributed by atoms with Crippen molar-refractivity contribution in [2.45, 2.75) is 52.2 Å². The lowest BCUT2D eigenvalue weighted by Crippen LogP contribution is -2.24. The van der Waals surface area contributed by atoms with E-state index in [0.29, 0.717) is 18.7 Å². The van der Waals surface area contributed by atoms with Crippen LogP contribution in [0.25, 0.3) is 0 Å². The summed E-state index contributed by atoms with van der Waals surface area (Å²) >= 11 is 0. The molecule has 0 amide bonds. The van der Waals surface area contributed by atoms with Gasteiger partial charge in [0.1, 0.15) is 0 Å². The molecule has 1 rings (SSSR count). The van der Waals surface area contributed by atoms with Gasteiger partial charge in [0.05, 0.1) is 11.6 Å². The van der Waals surface area contributed by atoms with Crippen LogP contribution in [0.4, 0.5) is 0 Å². The molecule has 0 bridgehead atoms. The summed E-state index contributed by atoms with van der Waals surface area (Å²) in [5.41, 5.74) is -0.129. The van der Waals surface area contributed by atoms with Crippen LogP contribution in [0.5, 0.6) is 0 Å². The summed E-state index contributed by atoms with van der Waals surface area (Å²) in [5, 5.41) is 21.2. The molecule has 1 atom stereocenters. The quantitative estimate of drug-likeness (QED) is 0.778. The van der Waals surface area contributed by atoms with Crippen molar-refractivity contribution in [2.24, 2.45) is 0 Å². The molecule has 1 heterocycles. The van der Waals surface area contributed by atoms with Crippen LogP contribution in [0.2, 0.25) is 0 Å². The van der Waals surface area contributed by atoms with Crippen molar-refractivity contribution in [2.75, 3.05) is 0 Å². The number of aromatic nitrogens is 4. The van der Waals surface area contributed by atoms with Crippen molar-refractivity contribution in [1.82, 2.24) is 20.2 Å². The highest BCUT2D eigenvalue weighted by Gasteiger charge is 2.16. The summed E-state index contributed by atoms with van der Waals surface area (Å²) in [5.74, 6) is 0.695. The molecule has 0 aliphatic carbocycles. The summed E-state index contributed by atoms with van der Waals surface area (Å²) in [6.45, 7) is 7.82. The molecule has 1 unspecified atom stereocenters. The lowest BCUT2D eigenvalue weighted by molar-refractivity contribution is 0.184. The number of rotatable bonds is 3. The van der Waals surface area contributed by atoms with Gasteiger partial charge in [0.15, 0.2) is 5.82 Å². The van der Waals surface area contributed by atoms with Crippen LogP contribution in [0, 0.1) is 0 Å². The second-order valence-corrected chi connectivity index (χ2v) is 4.55. The Morgan fingerprint density at radius 2 is 2.07 bits per heavy atom. The summed E-state index contributed by atoms with van der Waals surface area (Å²) in [6, 6.07) is 0. The summed E-state index contributed by atoms with van der Waals surface area (Å²) < 4.78 is 0. The van der Waals surface area contributed by atoms with Gasteiger partial charge >= 0.3 is 0 Å². The molecule has 0 saturated heterocycles. The highest BCUT2D eigenvalue weighted by Crippen LogP contribution is 2.09. The molecule has 1 aromatic heterocycles. The average molecular weight is 198 g/mol. The minimum absolute atomic E-state index is 0.129. The number of nitrogens with zero attached hydrogens (tertiary/aromatic N) is 4. The van der Waals surface area contributed by atoms with E-state index in [2.05, 4.69) is 15.4 Å². The van der Waals surface area contributed by atoms with Gasteiger partial charge in [-0.2, -0.15) is 4.80 Å². The van der Waals surface area contributed by atoms with Gasteiger partial charge in [-0.05, 0) is 39.3 Å². The highest BCUT2D eigenvalue weighted by atomic mass is 16.3. The fourth-order valence-corrected chi connectivity index (χ4v) is 0.965. The van der Waals surface area contributed by atoms with Crippen molar-refractivity contribution < 1.29 is 5.11 Å². The fraction of sp³-hybridized carbons (Fsp3) is 0.889. The van der Waals surface area contributed by atoms with Crippen LogP contribution in [0.15, 0.2) is 0 Å². The zero-order valence-corrected chi connectivity index (χ0v) is 9.23. The zero-order chi connectivity index (χ0) is 10.8. The molecule has 1 aromatic rings. The smallest absolute Gasteiger partial charge is 0.174 e. The number of hydrogen-bond acceptors (Lipinski definition) is 4. The molecule has 0 fully saturated rings. The Morgan fingerprint density at radius 1 is 1.43 bits per heavy atom. The molecule has 0 aromatic carbocycles. The summed E-state index contributed by atoms with van der Waals surface area (Å²) in [4.78, 5) is 1.60. The van der Waals surface area contributed by atoms with E-state index in [9.17, 15) is 0 Å². The fourth-order valence-electron chi connectivity index (χ4n) is 0.965. The number of hydrogen-bond donors (Lipinski definition) is 1. The van der Waals surface area contributed by atoms with Crippen LogP contribution < -0.4 is 0 Å². The van der Waals surface area contributed by atoms with Gasteiger partial charge < -0.3 is 5.11 Å². The predicted octanol–water partition coefficient (Wildman–Crippen LogP) is 0.741. The Hall–Kier alpha value is -0.970. The van der Waals surface area contributed by atoms with E-state index in [4.69, 9.17) is 5.11 Å². The number of aryl methyl sites for hydroxylation is 1. The monoisotopic (exact) mass is 198 g/mol. The maximum Gasteiger partial charge on any atom is 0.174 e. The normalized spacial score (nSPS) is 14.4. The van der Waals surface area contributed by atoms with Gasteiger partial charge in [-0.25, -0.2) is 0 Å². The van der Waals surface area contributed by atoms with E-state index in [1.807, 2.05) is 20.8 Å². The van der Waals surface area contributed by atoms with Crippen LogP contribution in [0.1, 0.15) is 39.9 Å². The standard InChI is InChI=1S/C9H18N4O/c1-7(14)5-6-8-10-12-13(11-8)9(2,3)4/h7,14H,5-6H2,1-4H3. The van der Waals surface area contributed by atoms with Crippen molar-refractivity contribution in [1.29, 1.82) is 0 Å². The first-order valence-corrected chi connectivity index (χ1v) is 4.87. The largest absolute Gasteiger partial charge is 0.393 e. The summed E-state index contributed by atoms with van der Waals surface area (Å²) in [6.07, 6.45) is 1.04. The van der Waals surface area contributed by atoms with Gasteiger partial charge in [-0.1, -0.05) is 0 Å². The molecule has 0 spiro atoms. The molecule has 14 heavy (non-hydrogen) atoms. The van der Waals surface area contributed by atoms with Crippen LogP contribution in [-0.4, -0.2) is 31.4 Å². The maximum absolute atomic E-state index is 9.10. The van der Waals surface area contributed by atoms with Gasteiger partial charge in [0.2, 0.25) is 0 Å². The third kappa shape index (κ3) is 3.06. The van der Waals surface area contributed by atoms with Crippen molar-refractivity contribution in [3.05, 3.63) is 5.82 Å². The van der Waals surface area contributed by atoms with E-state index in [0.717, 1.165) is 0 Å². The van der Waals surface area contributed by atoms with Crippen molar-refractivity contribution in [3.63, 3.8) is 0 Å². The second-order valence-electron chi connectivity index (χ2n) is 4.55. The number of aliphatic hydroxyl groups excluding tert-OH is 1. The average Bonchev–Trinajstić information content (AvgIpc) is 2.47. The first kappa shape index (κ1) is 11.1. The Labute approximate surface area is 84.1 Å². The van der Waals surface area contributed by atoms with E-state index in [1.54, 1.807) is 11.7 Å². The Bertz CT molecular complexity index is 287. The highest BCUT2D eigenvalue weighted by molar-refractivity contribution is 4.79. The van der Waals surface area contributed by atoms with Crippen LogP contribution in [-0.2, 0) is 12.0 Å². The molecular weight excluding hydrogens is 180 g/mol. The molecular formula is C9H18N4O. The van der Waals surface area contributed by atoms with Gasteiger partial charge in [-0.3, -0.25) is 0 Å². The van der Waals surface area contributed by atoms with Crippen LogP contribution >= 0.6 is 0 Å². The minimum atomic E-state index is -0.309. The molecule has 0 aliphatic heterocycles. The molecule has 80 valence electrons. The Morgan fingerprint density at radius 3 is 2.50 bits per heavy atom. The molecule has 5 nitrogen and oxygen atoms in total. The first-order chi connectivity index (χ1) is 6.39. The molecule has 0 radical (unpaired) electrons. The second kappa shape index (κ2) is 4.04. The maximum atomic E-state index is 9.10. The third-order valence-electron chi connectivity index (χ3n) is 1.84. The minimum Gasteiger partial charge on any atom is -0.393 e. The topological polar surface area (TPSA) is 63.8 Å². The lowest BCUT2D eigenvalue weighted by Gasteiger charge is -2.15. The van der Waals surface area contributed by atoms with Gasteiger partial charge in [0, 0.05) is 6.42 Å². The zero-order valence-electron chi connectivity index (χ0n) is 9.23. The molecule has 1 N–H and O–H groups in total. The number of tetrazole rings is 1. The Kier molecular flexibility index (Phi) is 3.21. The third-order valence-corrected chi connectivity index (χ3v) is 1.84. The molecule has 0 aliphatic rings.